The van der Waals surface area contributed by atoms with Gasteiger partial charge in [-0.2, -0.15) is 5.10 Å². The predicted octanol–water partition coefficient (Wildman–Crippen LogP) is 3.55. The minimum Gasteiger partial charge on any atom is -0.508 e. The van der Waals surface area contributed by atoms with Crippen LogP contribution in [0.2, 0.25) is 0 Å². The van der Waals surface area contributed by atoms with Gasteiger partial charge >= 0.3 is 0 Å². The van der Waals surface area contributed by atoms with E-state index in [2.05, 4.69) is 9.80 Å². The second-order valence-electron chi connectivity index (χ2n) is 7.78. The summed E-state index contributed by atoms with van der Waals surface area (Å²) in [5.74, 6) is 1.03. The van der Waals surface area contributed by atoms with E-state index in [1.807, 2.05) is 41.8 Å². The molecule has 1 fully saturated rings. The first kappa shape index (κ1) is 19.8. The molecule has 0 saturated carbocycles. The van der Waals surface area contributed by atoms with E-state index in [1.54, 1.807) is 34.7 Å². The quantitative estimate of drug-likeness (QED) is 0.662. The van der Waals surface area contributed by atoms with Crippen molar-refractivity contribution in [3.05, 3.63) is 70.8 Å². The smallest absolute Gasteiger partial charge is 0.257 e. The monoisotopic (exact) mass is 436 g/mol. The molecule has 0 radical (unpaired) electrons. The van der Waals surface area contributed by atoms with Crippen molar-refractivity contribution in [1.29, 1.82) is 0 Å². The molecule has 160 valence electrons. The Kier molecular flexibility index (Phi) is 5.48. The number of piperazine rings is 1. The zero-order valence-corrected chi connectivity index (χ0v) is 17.9. The maximum Gasteiger partial charge on any atom is 0.257 e. The van der Waals surface area contributed by atoms with Crippen LogP contribution in [0.15, 0.2) is 69.7 Å². The van der Waals surface area contributed by atoms with E-state index in [-0.39, 0.29) is 17.7 Å². The van der Waals surface area contributed by atoms with Gasteiger partial charge < -0.3 is 14.4 Å². The Morgan fingerprint density at radius 1 is 1.10 bits per heavy atom. The molecule has 0 bridgehead atoms. The Morgan fingerprint density at radius 3 is 2.58 bits per heavy atom. The third-order valence-electron chi connectivity index (χ3n) is 5.79. The number of hydrazone groups is 1. The van der Waals surface area contributed by atoms with Gasteiger partial charge in [0.1, 0.15) is 17.6 Å². The van der Waals surface area contributed by atoms with Gasteiger partial charge in [-0.25, -0.2) is 5.01 Å². The first-order valence-electron chi connectivity index (χ1n) is 10.4. The van der Waals surface area contributed by atoms with Gasteiger partial charge in [0.2, 0.25) is 0 Å². The van der Waals surface area contributed by atoms with E-state index >= 15 is 0 Å². The van der Waals surface area contributed by atoms with E-state index in [0.717, 1.165) is 48.2 Å². The molecule has 2 aliphatic rings. The lowest BCUT2D eigenvalue weighted by atomic mass is 10.1. The molecule has 7 nitrogen and oxygen atoms in total. The highest BCUT2D eigenvalue weighted by Gasteiger charge is 2.36. The van der Waals surface area contributed by atoms with Crippen molar-refractivity contribution in [2.75, 3.05) is 37.6 Å². The van der Waals surface area contributed by atoms with Crippen LogP contribution in [0.4, 0.5) is 5.69 Å². The molecular weight excluding hydrogens is 412 g/mol. The number of hydrogen-bond donors (Lipinski definition) is 1. The highest BCUT2D eigenvalue weighted by atomic mass is 32.1. The number of rotatable bonds is 5. The van der Waals surface area contributed by atoms with E-state index < -0.39 is 0 Å². The van der Waals surface area contributed by atoms with E-state index in [0.29, 0.717) is 13.0 Å². The van der Waals surface area contributed by atoms with Gasteiger partial charge in [-0.15, -0.1) is 11.3 Å². The van der Waals surface area contributed by atoms with Crippen molar-refractivity contribution >= 4 is 28.6 Å². The Balaban J connectivity index is 1.25. The molecule has 4 heterocycles. The molecule has 1 unspecified atom stereocenters. The van der Waals surface area contributed by atoms with E-state index in [1.165, 1.54) is 0 Å². The molecular formula is C23H24N4O3S. The number of furan rings is 1. The van der Waals surface area contributed by atoms with Gasteiger partial charge in [-0.3, -0.25) is 9.69 Å². The third kappa shape index (κ3) is 4.22. The summed E-state index contributed by atoms with van der Waals surface area (Å²) in [7, 11) is 0. The molecule has 1 atom stereocenters. The second-order valence-corrected chi connectivity index (χ2v) is 8.72. The summed E-state index contributed by atoms with van der Waals surface area (Å²) in [6.07, 6.45) is 2.30. The Morgan fingerprint density at radius 2 is 1.90 bits per heavy atom. The lowest BCUT2D eigenvalue weighted by Crippen LogP contribution is -2.49. The topological polar surface area (TPSA) is 72.5 Å². The van der Waals surface area contributed by atoms with Crippen molar-refractivity contribution < 1.29 is 14.3 Å². The number of thiophene rings is 1. The number of aromatic hydroxyl groups is 1. The number of phenolic OH excluding ortho intramolecular Hbond substituents is 1. The van der Waals surface area contributed by atoms with E-state index in [4.69, 9.17) is 9.52 Å². The maximum absolute atomic E-state index is 13.2. The molecule has 8 heteroatoms. The fourth-order valence-corrected chi connectivity index (χ4v) is 4.85. The molecule has 1 N–H and O–H groups in total. The Hall–Kier alpha value is -3.10. The van der Waals surface area contributed by atoms with Crippen LogP contribution in [-0.4, -0.2) is 59.4 Å². The van der Waals surface area contributed by atoms with Gasteiger partial charge in [0, 0.05) is 38.3 Å². The highest BCUT2D eigenvalue weighted by Crippen LogP contribution is 2.34. The number of amides is 1. The number of hydrogen-bond acceptors (Lipinski definition) is 7. The zero-order valence-electron chi connectivity index (χ0n) is 17.1. The summed E-state index contributed by atoms with van der Waals surface area (Å²) in [6.45, 7) is 3.61. The average Bonchev–Trinajstić information content (AvgIpc) is 3.56. The van der Waals surface area contributed by atoms with Crippen LogP contribution in [0.1, 0.15) is 23.1 Å². The second kappa shape index (κ2) is 8.56. The minimum absolute atomic E-state index is 0.00830. The van der Waals surface area contributed by atoms with Crippen LogP contribution in [0.3, 0.4) is 0 Å². The molecule has 3 aromatic rings. The Bertz CT molecular complexity index is 1040. The number of carbonyl (C=O) groups excluding carboxylic acids is 1. The summed E-state index contributed by atoms with van der Waals surface area (Å²) in [6, 6.07) is 14.9. The van der Waals surface area contributed by atoms with Gasteiger partial charge in [-0.1, -0.05) is 6.07 Å². The van der Waals surface area contributed by atoms with Crippen molar-refractivity contribution in [2.45, 2.75) is 12.5 Å². The van der Waals surface area contributed by atoms with Crippen LogP contribution in [-0.2, 0) is 4.79 Å². The molecule has 1 aromatic carbocycles. The van der Waals surface area contributed by atoms with Crippen LogP contribution < -0.4 is 4.90 Å². The first-order chi connectivity index (χ1) is 15.2. The average molecular weight is 437 g/mol. The largest absolute Gasteiger partial charge is 0.508 e. The van der Waals surface area contributed by atoms with Crippen LogP contribution in [0.5, 0.6) is 5.75 Å². The van der Waals surface area contributed by atoms with Crippen LogP contribution in [0.25, 0.3) is 0 Å². The number of phenols is 1. The van der Waals surface area contributed by atoms with Crippen molar-refractivity contribution in [3.8, 4) is 5.75 Å². The lowest BCUT2D eigenvalue weighted by molar-refractivity contribution is -0.134. The molecule has 2 aromatic heterocycles. The molecule has 1 amide bonds. The number of carbonyl (C=O) groups is 1. The standard InChI is InChI=1S/C23H24N4O3S/c28-18-7-5-17(6-8-18)26-11-9-25(10-12-26)16-23(29)27-20(21-3-1-13-30-21)15-19(24-27)22-4-2-14-31-22/h1-8,13-14,20,28H,9-12,15-16H2. The summed E-state index contributed by atoms with van der Waals surface area (Å²) >= 11 is 1.64. The van der Waals surface area contributed by atoms with Gasteiger partial charge in [0.05, 0.1) is 23.4 Å². The van der Waals surface area contributed by atoms with Crippen molar-refractivity contribution in [3.63, 3.8) is 0 Å². The third-order valence-corrected chi connectivity index (χ3v) is 6.71. The van der Waals surface area contributed by atoms with Gasteiger partial charge in [0.15, 0.2) is 0 Å². The summed E-state index contributed by atoms with van der Waals surface area (Å²) in [5.41, 5.74) is 2.02. The minimum atomic E-state index is -0.196. The SMILES string of the molecule is O=C(CN1CCN(c2ccc(O)cc2)CC1)N1N=C(c2cccs2)CC1c1ccco1. The molecule has 1 saturated heterocycles. The van der Waals surface area contributed by atoms with E-state index in [9.17, 15) is 9.90 Å². The summed E-state index contributed by atoms with van der Waals surface area (Å²) < 4.78 is 5.62. The van der Waals surface area contributed by atoms with Crippen molar-refractivity contribution in [1.82, 2.24) is 9.91 Å². The van der Waals surface area contributed by atoms with Gasteiger partial charge in [-0.05, 0) is 47.8 Å². The molecule has 31 heavy (non-hydrogen) atoms. The normalized spacial score (nSPS) is 19.6. The molecule has 0 spiro atoms. The van der Waals surface area contributed by atoms with Crippen LogP contribution >= 0.6 is 11.3 Å². The fourth-order valence-electron chi connectivity index (χ4n) is 4.13. The zero-order chi connectivity index (χ0) is 21.2. The van der Waals surface area contributed by atoms with Gasteiger partial charge in [0.25, 0.3) is 5.91 Å². The molecule has 0 aliphatic carbocycles. The predicted molar refractivity (Wildman–Crippen MR) is 121 cm³/mol. The molecule has 2 aliphatic heterocycles. The highest BCUT2D eigenvalue weighted by molar-refractivity contribution is 7.12. The lowest BCUT2D eigenvalue weighted by Gasteiger charge is -2.36. The van der Waals surface area contributed by atoms with Crippen molar-refractivity contribution in [2.24, 2.45) is 5.10 Å². The summed E-state index contributed by atoms with van der Waals surface area (Å²) in [4.78, 5) is 18.8. The number of anilines is 1. The fraction of sp³-hybridized carbons (Fsp3) is 0.304. The number of benzene rings is 1. The Labute approximate surface area is 184 Å². The van der Waals surface area contributed by atoms with Crippen LogP contribution in [0, 0.1) is 0 Å². The summed E-state index contributed by atoms with van der Waals surface area (Å²) in [5, 5.41) is 17.8. The maximum atomic E-state index is 13.2. The first-order valence-corrected chi connectivity index (χ1v) is 11.3. The number of nitrogens with zero attached hydrogens (tertiary/aromatic N) is 4. The molecule has 5 rings (SSSR count).